The predicted octanol–water partition coefficient (Wildman–Crippen LogP) is 3.23. The Morgan fingerprint density at radius 3 is 2.74 bits per heavy atom. The molecule has 3 aromatic rings. The first kappa shape index (κ1) is 17.7. The molecule has 2 atom stereocenters. The number of hydrogen-bond acceptors (Lipinski definition) is 6. The van der Waals surface area contributed by atoms with Gasteiger partial charge in [0.15, 0.2) is 0 Å². The van der Waals surface area contributed by atoms with E-state index < -0.39 is 0 Å². The standard InChI is InChI=1S/C20H24N4O3/c1-10-8-15(14(5)26-10)17-9-16(18-12(3)23-27-19(18)22-17)20(25)24-7-6-21-11(2)13(24)4/h8-9,11,13,21H,6-7H2,1-5H3. The Morgan fingerprint density at radius 1 is 1.26 bits per heavy atom. The second kappa shape index (κ2) is 6.49. The molecule has 4 heterocycles. The van der Waals surface area contributed by atoms with E-state index in [9.17, 15) is 4.79 Å². The second-order valence-electron chi connectivity index (χ2n) is 7.31. The van der Waals surface area contributed by atoms with Crippen LogP contribution in [0.15, 0.2) is 21.1 Å². The zero-order valence-corrected chi connectivity index (χ0v) is 16.3. The van der Waals surface area contributed by atoms with E-state index in [0.29, 0.717) is 34.6 Å². The van der Waals surface area contributed by atoms with Gasteiger partial charge in [-0.15, -0.1) is 0 Å². The summed E-state index contributed by atoms with van der Waals surface area (Å²) in [6.07, 6.45) is 0. The number of carbonyl (C=O) groups is 1. The van der Waals surface area contributed by atoms with Crippen LogP contribution in [0.5, 0.6) is 0 Å². The summed E-state index contributed by atoms with van der Waals surface area (Å²) in [6.45, 7) is 11.2. The number of piperazine rings is 1. The SMILES string of the molecule is Cc1cc(-c2cc(C(=O)N3CCNC(C)C3C)c3c(C)noc3n2)c(C)o1. The zero-order chi connectivity index (χ0) is 19.3. The summed E-state index contributed by atoms with van der Waals surface area (Å²) in [5.74, 6) is 1.54. The molecule has 1 saturated heterocycles. The molecule has 0 saturated carbocycles. The van der Waals surface area contributed by atoms with Crippen molar-refractivity contribution in [3.05, 3.63) is 34.9 Å². The van der Waals surface area contributed by atoms with E-state index in [2.05, 4.69) is 29.3 Å². The van der Waals surface area contributed by atoms with Crippen molar-refractivity contribution in [3.8, 4) is 11.3 Å². The van der Waals surface area contributed by atoms with Gasteiger partial charge in [-0.1, -0.05) is 5.16 Å². The van der Waals surface area contributed by atoms with Crippen LogP contribution in [0.2, 0.25) is 0 Å². The van der Waals surface area contributed by atoms with Crippen LogP contribution < -0.4 is 5.32 Å². The van der Waals surface area contributed by atoms with Crippen LogP contribution in [0.25, 0.3) is 22.4 Å². The quantitative estimate of drug-likeness (QED) is 0.748. The van der Waals surface area contributed by atoms with Crippen molar-refractivity contribution in [2.75, 3.05) is 13.1 Å². The largest absolute Gasteiger partial charge is 0.466 e. The monoisotopic (exact) mass is 368 g/mol. The molecule has 7 heteroatoms. The van der Waals surface area contributed by atoms with E-state index >= 15 is 0 Å². The van der Waals surface area contributed by atoms with Gasteiger partial charge in [0.25, 0.3) is 11.6 Å². The Labute approximate surface area is 157 Å². The highest BCUT2D eigenvalue weighted by atomic mass is 16.5. The highest BCUT2D eigenvalue weighted by Gasteiger charge is 2.31. The number of aryl methyl sites for hydroxylation is 3. The molecule has 1 amide bonds. The molecule has 4 rings (SSSR count). The van der Waals surface area contributed by atoms with Crippen molar-refractivity contribution in [3.63, 3.8) is 0 Å². The number of amides is 1. The number of pyridine rings is 1. The third-order valence-corrected chi connectivity index (χ3v) is 5.46. The number of nitrogens with one attached hydrogen (secondary N) is 1. The molecule has 7 nitrogen and oxygen atoms in total. The number of nitrogens with zero attached hydrogens (tertiary/aromatic N) is 3. The van der Waals surface area contributed by atoms with Crippen LogP contribution in [0, 0.1) is 20.8 Å². The van der Waals surface area contributed by atoms with Gasteiger partial charge < -0.3 is 19.2 Å². The molecule has 3 aromatic heterocycles. The summed E-state index contributed by atoms with van der Waals surface area (Å²) in [7, 11) is 0. The third-order valence-electron chi connectivity index (χ3n) is 5.46. The van der Waals surface area contributed by atoms with Crippen molar-refractivity contribution in [2.24, 2.45) is 0 Å². The van der Waals surface area contributed by atoms with Gasteiger partial charge in [-0.3, -0.25) is 4.79 Å². The molecular formula is C20H24N4O3. The van der Waals surface area contributed by atoms with Gasteiger partial charge in [-0.05, 0) is 46.8 Å². The van der Waals surface area contributed by atoms with Gasteiger partial charge in [0.05, 0.1) is 22.3 Å². The van der Waals surface area contributed by atoms with Crippen molar-refractivity contribution in [2.45, 2.75) is 46.7 Å². The van der Waals surface area contributed by atoms with Crippen LogP contribution in [0.4, 0.5) is 0 Å². The Bertz CT molecular complexity index is 1020. The van der Waals surface area contributed by atoms with Gasteiger partial charge in [0.2, 0.25) is 0 Å². The van der Waals surface area contributed by atoms with Crippen LogP contribution in [0.1, 0.15) is 41.4 Å². The summed E-state index contributed by atoms with van der Waals surface area (Å²) in [5.41, 5.74) is 3.14. The first-order chi connectivity index (χ1) is 12.9. The van der Waals surface area contributed by atoms with E-state index in [4.69, 9.17) is 8.94 Å². The molecule has 0 bridgehead atoms. The van der Waals surface area contributed by atoms with Crippen LogP contribution in [0.3, 0.4) is 0 Å². The molecule has 1 aliphatic heterocycles. The molecule has 142 valence electrons. The average molecular weight is 368 g/mol. The van der Waals surface area contributed by atoms with Gasteiger partial charge >= 0.3 is 0 Å². The maximum Gasteiger partial charge on any atom is 0.259 e. The fourth-order valence-electron chi connectivity index (χ4n) is 3.78. The molecule has 2 unspecified atom stereocenters. The first-order valence-corrected chi connectivity index (χ1v) is 9.25. The maximum atomic E-state index is 13.5. The molecular weight excluding hydrogens is 344 g/mol. The lowest BCUT2D eigenvalue weighted by atomic mass is 10.0. The summed E-state index contributed by atoms with van der Waals surface area (Å²) in [6, 6.07) is 4.10. The molecule has 1 fully saturated rings. The van der Waals surface area contributed by atoms with E-state index in [1.165, 1.54) is 0 Å². The van der Waals surface area contributed by atoms with E-state index in [0.717, 1.165) is 23.6 Å². The smallest absolute Gasteiger partial charge is 0.259 e. The van der Waals surface area contributed by atoms with Gasteiger partial charge in [-0.2, -0.15) is 0 Å². The Kier molecular flexibility index (Phi) is 4.26. The lowest BCUT2D eigenvalue weighted by Gasteiger charge is -2.38. The van der Waals surface area contributed by atoms with Crippen LogP contribution in [-0.4, -0.2) is 46.1 Å². The number of hydrogen-bond donors (Lipinski definition) is 1. The molecule has 27 heavy (non-hydrogen) atoms. The van der Waals surface area contributed by atoms with E-state index in [1.54, 1.807) is 0 Å². The lowest BCUT2D eigenvalue weighted by Crippen LogP contribution is -2.57. The average Bonchev–Trinajstić information content (AvgIpc) is 3.18. The molecule has 1 aliphatic rings. The molecule has 0 spiro atoms. The third kappa shape index (κ3) is 2.92. The van der Waals surface area contributed by atoms with Crippen molar-refractivity contribution < 1.29 is 13.7 Å². The highest BCUT2D eigenvalue weighted by molar-refractivity contribution is 6.07. The first-order valence-electron chi connectivity index (χ1n) is 9.25. The fraction of sp³-hybridized carbons (Fsp3) is 0.450. The topological polar surface area (TPSA) is 84.4 Å². The van der Waals surface area contributed by atoms with Crippen molar-refractivity contribution in [1.29, 1.82) is 0 Å². The van der Waals surface area contributed by atoms with Crippen LogP contribution >= 0.6 is 0 Å². The van der Waals surface area contributed by atoms with Crippen LogP contribution in [-0.2, 0) is 0 Å². The Balaban J connectivity index is 1.87. The van der Waals surface area contributed by atoms with Gasteiger partial charge in [0, 0.05) is 30.7 Å². The minimum absolute atomic E-state index is 0.0198. The normalized spacial score (nSPS) is 20.4. The second-order valence-corrected chi connectivity index (χ2v) is 7.31. The summed E-state index contributed by atoms with van der Waals surface area (Å²) in [5, 5.41) is 8.13. The molecule has 0 aromatic carbocycles. The van der Waals surface area contributed by atoms with Gasteiger partial charge in [0.1, 0.15) is 11.5 Å². The van der Waals surface area contributed by atoms with E-state index in [-0.39, 0.29) is 18.0 Å². The fourth-order valence-corrected chi connectivity index (χ4v) is 3.78. The highest BCUT2D eigenvalue weighted by Crippen LogP contribution is 2.31. The number of rotatable bonds is 2. The minimum atomic E-state index is -0.0198. The number of fused-ring (bicyclic) bond motifs is 1. The number of furan rings is 1. The number of carbonyl (C=O) groups excluding carboxylic acids is 1. The summed E-state index contributed by atoms with van der Waals surface area (Å²) in [4.78, 5) is 20.0. The molecule has 0 aliphatic carbocycles. The Hall–Kier alpha value is -2.67. The Morgan fingerprint density at radius 2 is 2.04 bits per heavy atom. The maximum absolute atomic E-state index is 13.5. The zero-order valence-electron chi connectivity index (χ0n) is 16.3. The number of aromatic nitrogens is 2. The lowest BCUT2D eigenvalue weighted by molar-refractivity contribution is 0.0605. The van der Waals surface area contributed by atoms with Crippen molar-refractivity contribution in [1.82, 2.24) is 20.4 Å². The predicted molar refractivity (Wildman–Crippen MR) is 102 cm³/mol. The van der Waals surface area contributed by atoms with Crippen molar-refractivity contribution >= 4 is 17.0 Å². The van der Waals surface area contributed by atoms with Gasteiger partial charge in [-0.25, -0.2) is 4.98 Å². The van der Waals surface area contributed by atoms with E-state index in [1.807, 2.05) is 37.8 Å². The minimum Gasteiger partial charge on any atom is -0.466 e. The molecule has 0 radical (unpaired) electrons. The summed E-state index contributed by atoms with van der Waals surface area (Å²) >= 11 is 0. The molecule has 1 N–H and O–H groups in total. The summed E-state index contributed by atoms with van der Waals surface area (Å²) < 4.78 is 11.1.